The van der Waals surface area contributed by atoms with Crippen LogP contribution >= 0.6 is 11.6 Å². The van der Waals surface area contributed by atoms with E-state index in [1.54, 1.807) is 18.2 Å². The molecule has 1 fully saturated rings. The SMILES string of the molecule is CC1(C)Cc2cccc(C(=O)NC3CCN(CCNc4nc5ccc(Cl)cc5c(=O)[nH]4)CC3)c2O1. The van der Waals surface area contributed by atoms with Crippen molar-refractivity contribution >= 4 is 34.4 Å². The first-order chi connectivity index (χ1) is 16.8. The number of halogens is 1. The second-order valence-corrected chi connectivity index (χ2v) is 10.4. The summed E-state index contributed by atoms with van der Waals surface area (Å²) in [4.78, 5) is 34.8. The maximum absolute atomic E-state index is 13.0. The van der Waals surface area contributed by atoms with Crippen molar-refractivity contribution in [2.75, 3.05) is 31.5 Å². The number of likely N-dealkylation sites (tertiary alicyclic amines) is 1. The van der Waals surface area contributed by atoms with Gasteiger partial charge in [-0.2, -0.15) is 0 Å². The van der Waals surface area contributed by atoms with Crippen molar-refractivity contribution in [1.29, 1.82) is 0 Å². The summed E-state index contributed by atoms with van der Waals surface area (Å²) < 4.78 is 6.06. The molecule has 2 aliphatic rings. The Morgan fingerprint density at radius 1 is 1.26 bits per heavy atom. The molecule has 8 nitrogen and oxygen atoms in total. The van der Waals surface area contributed by atoms with Crippen molar-refractivity contribution in [3.63, 3.8) is 0 Å². The number of aromatic nitrogens is 2. The summed E-state index contributed by atoms with van der Waals surface area (Å²) in [6.45, 7) is 7.35. The Balaban J connectivity index is 1.10. The summed E-state index contributed by atoms with van der Waals surface area (Å²) in [6, 6.07) is 11.0. The van der Waals surface area contributed by atoms with Gasteiger partial charge in [-0.05, 0) is 56.5 Å². The molecule has 0 radical (unpaired) electrons. The number of hydrogen-bond donors (Lipinski definition) is 3. The van der Waals surface area contributed by atoms with Crippen molar-refractivity contribution in [2.24, 2.45) is 0 Å². The van der Waals surface area contributed by atoms with Gasteiger partial charge in [-0.1, -0.05) is 23.7 Å². The number of para-hydroxylation sites is 1. The van der Waals surface area contributed by atoms with Gasteiger partial charge < -0.3 is 20.3 Å². The maximum atomic E-state index is 13.0. The van der Waals surface area contributed by atoms with Crippen molar-refractivity contribution in [2.45, 2.75) is 44.8 Å². The van der Waals surface area contributed by atoms with Crippen LogP contribution in [0.3, 0.4) is 0 Å². The van der Waals surface area contributed by atoms with Gasteiger partial charge in [-0.15, -0.1) is 0 Å². The quantitative estimate of drug-likeness (QED) is 0.483. The fourth-order valence-electron chi connectivity index (χ4n) is 4.89. The highest BCUT2D eigenvalue weighted by molar-refractivity contribution is 6.31. The van der Waals surface area contributed by atoms with Gasteiger partial charge in [-0.25, -0.2) is 4.98 Å². The smallest absolute Gasteiger partial charge is 0.260 e. The normalized spacial score (nSPS) is 17.7. The lowest BCUT2D eigenvalue weighted by atomic mass is 10.00. The molecule has 0 atom stereocenters. The lowest BCUT2D eigenvalue weighted by Gasteiger charge is -2.32. The molecule has 2 aliphatic heterocycles. The van der Waals surface area contributed by atoms with Crippen molar-refractivity contribution in [1.82, 2.24) is 20.2 Å². The van der Waals surface area contributed by atoms with Crippen LogP contribution in [0.25, 0.3) is 10.9 Å². The Kier molecular flexibility index (Phi) is 6.42. The standard InChI is InChI=1S/C26H30ClN5O3/c1-26(2)15-16-4-3-5-19(22(16)35-26)23(33)29-18-8-11-32(12-9-18)13-10-28-25-30-21-7-6-17(27)14-20(21)24(34)31-25/h3-7,14,18H,8-13,15H2,1-2H3,(H,29,33)(H2,28,30,31,34). The molecular weight excluding hydrogens is 466 g/mol. The van der Waals surface area contributed by atoms with Crippen molar-refractivity contribution in [3.8, 4) is 5.75 Å². The van der Waals surface area contributed by atoms with Gasteiger partial charge in [0.1, 0.15) is 11.4 Å². The topological polar surface area (TPSA) is 99.4 Å². The largest absolute Gasteiger partial charge is 0.486 e. The second-order valence-electron chi connectivity index (χ2n) is 9.92. The number of rotatable bonds is 6. The number of piperidine rings is 1. The van der Waals surface area contributed by atoms with Crippen LogP contribution in [-0.4, -0.2) is 58.6 Å². The van der Waals surface area contributed by atoms with E-state index in [1.807, 2.05) is 32.0 Å². The third-order valence-electron chi connectivity index (χ3n) is 6.65. The minimum Gasteiger partial charge on any atom is -0.486 e. The van der Waals surface area contributed by atoms with Gasteiger partial charge in [0.2, 0.25) is 5.95 Å². The Labute approximate surface area is 209 Å². The Bertz CT molecular complexity index is 1310. The zero-order valence-electron chi connectivity index (χ0n) is 20.0. The molecule has 0 aliphatic carbocycles. The first-order valence-corrected chi connectivity index (χ1v) is 12.4. The zero-order chi connectivity index (χ0) is 24.6. The molecular formula is C26H30ClN5O3. The number of carbonyl (C=O) groups excluding carboxylic acids is 1. The van der Waals surface area contributed by atoms with Crippen molar-refractivity contribution in [3.05, 3.63) is 62.9 Å². The Morgan fingerprint density at radius 2 is 2.06 bits per heavy atom. The average molecular weight is 496 g/mol. The first kappa shape index (κ1) is 23.6. The Morgan fingerprint density at radius 3 is 2.86 bits per heavy atom. The number of nitrogens with zero attached hydrogens (tertiary/aromatic N) is 2. The van der Waals surface area contributed by atoms with E-state index in [9.17, 15) is 9.59 Å². The van der Waals surface area contributed by atoms with Crippen LogP contribution in [0.2, 0.25) is 5.02 Å². The predicted molar refractivity (Wildman–Crippen MR) is 138 cm³/mol. The van der Waals surface area contributed by atoms with Gasteiger partial charge in [0.05, 0.1) is 16.5 Å². The van der Waals surface area contributed by atoms with Crippen LogP contribution in [0, 0.1) is 0 Å². The number of H-pyrrole nitrogens is 1. The van der Waals surface area contributed by atoms with E-state index < -0.39 is 0 Å². The van der Waals surface area contributed by atoms with E-state index in [0.717, 1.165) is 50.2 Å². The van der Waals surface area contributed by atoms with Crippen LogP contribution in [0.1, 0.15) is 42.6 Å². The first-order valence-electron chi connectivity index (χ1n) is 12.0. The van der Waals surface area contributed by atoms with E-state index in [0.29, 0.717) is 34.0 Å². The molecule has 5 rings (SSSR count). The number of ether oxygens (including phenoxy) is 1. The average Bonchev–Trinajstić information content (AvgIpc) is 3.14. The van der Waals surface area contributed by atoms with Gasteiger partial charge in [0.15, 0.2) is 0 Å². The number of hydrogen-bond acceptors (Lipinski definition) is 6. The third-order valence-corrected chi connectivity index (χ3v) is 6.88. The summed E-state index contributed by atoms with van der Waals surface area (Å²) in [5.74, 6) is 1.11. The third kappa shape index (κ3) is 5.28. The lowest BCUT2D eigenvalue weighted by Crippen LogP contribution is -2.45. The summed E-state index contributed by atoms with van der Waals surface area (Å²) in [5, 5.41) is 7.40. The van der Waals surface area contributed by atoms with Crippen LogP contribution < -0.4 is 20.9 Å². The highest BCUT2D eigenvalue weighted by atomic mass is 35.5. The van der Waals surface area contributed by atoms with Crippen LogP contribution in [0.5, 0.6) is 5.75 Å². The summed E-state index contributed by atoms with van der Waals surface area (Å²) in [5.41, 5.74) is 1.83. The molecule has 2 aromatic carbocycles. The number of carbonyl (C=O) groups is 1. The zero-order valence-corrected chi connectivity index (χ0v) is 20.7. The highest BCUT2D eigenvalue weighted by Crippen LogP contribution is 2.37. The predicted octanol–water partition coefficient (Wildman–Crippen LogP) is 3.60. The number of anilines is 1. The highest BCUT2D eigenvalue weighted by Gasteiger charge is 2.33. The van der Waals surface area contributed by atoms with Gasteiger partial charge in [0.25, 0.3) is 11.5 Å². The van der Waals surface area contributed by atoms with E-state index in [-0.39, 0.29) is 23.1 Å². The van der Waals surface area contributed by atoms with E-state index >= 15 is 0 Å². The molecule has 1 aromatic heterocycles. The number of benzene rings is 2. The summed E-state index contributed by atoms with van der Waals surface area (Å²) in [7, 11) is 0. The minimum atomic E-state index is -0.277. The summed E-state index contributed by atoms with van der Waals surface area (Å²) in [6.07, 6.45) is 2.59. The van der Waals surface area contributed by atoms with Gasteiger partial charge in [-0.3, -0.25) is 14.6 Å². The monoisotopic (exact) mass is 495 g/mol. The minimum absolute atomic E-state index is 0.0627. The van der Waals surface area contributed by atoms with E-state index in [4.69, 9.17) is 16.3 Å². The maximum Gasteiger partial charge on any atom is 0.260 e. The number of aromatic amines is 1. The number of amides is 1. The number of nitrogens with one attached hydrogen (secondary N) is 3. The molecule has 3 heterocycles. The molecule has 9 heteroatoms. The Hall–Kier alpha value is -3.10. The van der Waals surface area contributed by atoms with Gasteiger partial charge in [0, 0.05) is 43.7 Å². The van der Waals surface area contributed by atoms with Crippen LogP contribution in [-0.2, 0) is 6.42 Å². The number of fused-ring (bicyclic) bond motifs is 2. The molecule has 35 heavy (non-hydrogen) atoms. The van der Waals surface area contributed by atoms with Gasteiger partial charge >= 0.3 is 0 Å². The fourth-order valence-corrected chi connectivity index (χ4v) is 5.06. The molecule has 1 saturated heterocycles. The molecule has 0 saturated carbocycles. The fraction of sp³-hybridized carbons (Fsp3) is 0.423. The van der Waals surface area contributed by atoms with Crippen LogP contribution in [0.15, 0.2) is 41.2 Å². The van der Waals surface area contributed by atoms with Crippen molar-refractivity contribution < 1.29 is 9.53 Å². The molecule has 1 amide bonds. The molecule has 184 valence electrons. The molecule has 0 spiro atoms. The molecule has 0 bridgehead atoms. The van der Waals surface area contributed by atoms with E-state index in [1.165, 1.54) is 0 Å². The molecule has 3 N–H and O–H groups in total. The molecule has 0 unspecified atom stereocenters. The van der Waals surface area contributed by atoms with Crippen LogP contribution in [0.4, 0.5) is 5.95 Å². The molecule has 3 aromatic rings. The summed E-state index contributed by atoms with van der Waals surface area (Å²) >= 11 is 5.97. The lowest BCUT2D eigenvalue weighted by molar-refractivity contribution is 0.0899. The van der Waals surface area contributed by atoms with E-state index in [2.05, 4.69) is 25.5 Å². The second kappa shape index (κ2) is 9.51.